The van der Waals surface area contributed by atoms with Crippen LogP contribution in [-0.4, -0.2) is 30.1 Å². The molecule has 0 spiro atoms. The van der Waals surface area contributed by atoms with E-state index in [0.717, 1.165) is 30.4 Å². The number of rotatable bonds is 7. The number of esters is 2. The Bertz CT molecular complexity index is 1170. The molecule has 2 aliphatic rings. The van der Waals surface area contributed by atoms with E-state index in [9.17, 15) is 19.7 Å². The normalized spacial score (nSPS) is 16.5. The number of nitro groups is 1. The van der Waals surface area contributed by atoms with Gasteiger partial charge in [0.05, 0.1) is 18.1 Å². The molecule has 0 heterocycles. The highest BCUT2D eigenvalue weighted by Gasteiger charge is 2.60. The molecule has 0 fully saturated rings. The molecule has 4 rings (SSSR count). The molecule has 2 aromatic carbocycles. The molecule has 0 saturated carbocycles. The SMILES string of the molecule is CCOC(=O)C1(C(=O)OCC)C(C2=CCCCC2)=C(c2ccc([N+](=O)[O-])cc2)c2ccccc21. The van der Waals surface area contributed by atoms with Crippen LogP contribution >= 0.6 is 0 Å². The fourth-order valence-corrected chi connectivity index (χ4v) is 4.99. The smallest absolute Gasteiger partial charge is 0.332 e. The molecule has 0 amide bonds. The van der Waals surface area contributed by atoms with Gasteiger partial charge in [0, 0.05) is 12.1 Å². The molecule has 176 valence electrons. The molecule has 0 aliphatic heterocycles. The van der Waals surface area contributed by atoms with Crippen molar-refractivity contribution in [2.45, 2.75) is 44.9 Å². The first-order valence-corrected chi connectivity index (χ1v) is 11.6. The van der Waals surface area contributed by atoms with E-state index in [2.05, 4.69) is 6.08 Å². The minimum absolute atomic E-state index is 0.0314. The monoisotopic (exact) mass is 461 g/mol. The fraction of sp³-hybridized carbons (Fsp3) is 0.333. The van der Waals surface area contributed by atoms with E-state index in [1.54, 1.807) is 38.1 Å². The number of non-ortho nitro benzene ring substituents is 1. The topological polar surface area (TPSA) is 95.7 Å². The molecule has 34 heavy (non-hydrogen) atoms. The van der Waals surface area contributed by atoms with Gasteiger partial charge in [0.15, 0.2) is 0 Å². The number of carbonyl (C=O) groups excluding carboxylic acids is 2. The second-order valence-corrected chi connectivity index (χ2v) is 8.27. The van der Waals surface area contributed by atoms with E-state index in [0.29, 0.717) is 28.7 Å². The van der Waals surface area contributed by atoms with Crippen LogP contribution in [0, 0.1) is 10.1 Å². The predicted molar refractivity (Wildman–Crippen MR) is 127 cm³/mol. The summed E-state index contributed by atoms with van der Waals surface area (Å²) in [6.07, 6.45) is 5.59. The van der Waals surface area contributed by atoms with E-state index in [1.807, 2.05) is 12.1 Å². The minimum Gasteiger partial charge on any atom is -0.465 e. The molecule has 0 radical (unpaired) electrons. The fourth-order valence-electron chi connectivity index (χ4n) is 4.99. The first kappa shape index (κ1) is 23.4. The molecule has 2 aliphatic carbocycles. The lowest BCUT2D eigenvalue weighted by molar-refractivity contribution is -0.384. The highest BCUT2D eigenvalue weighted by molar-refractivity contribution is 6.17. The number of ether oxygens (including phenoxy) is 2. The summed E-state index contributed by atoms with van der Waals surface area (Å²) in [5.74, 6) is -1.33. The highest BCUT2D eigenvalue weighted by atomic mass is 16.6. The van der Waals surface area contributed by atoms with Crippen LogP contribution in [0.2, 0.25) is 0 Å². The Hall–Kier alpha value is -3.74. The quantitative estimate of drug-likeness (QED) is 0.241. The first-order chi connectivity index (χ1) is 16.5. The van der Waals surface area contributed by atoms with E-state index in [1.165, 1.54) is 12.1 Å². The van der Waals surface area contributed by atoms with Crippen molar-refractivity contribution in [1.82, 2.24) is 0 Å². The molecule has 0 saturated heterocycles. The van der Waals surface area contributed by atoms with Gasteiger partial charge in [0.1, 0.15) is 0 Å². The van der Waals surface area contributed by atoms with Gasteiger partial charge in [0.25, 0.3) is 5.69 Å². The van der Waals surface area contributed by atoms with E-state index in [4.69, 9.17) is 9.47 Å². The van der Waals surface area contributed by atoms with Gasteiger partial charge in [-0.25, -0.2) is 0 Å². The van der Waals surface area contributed by atoms with Crippen molar-refractivity contribution < 1.29 is 24.0 Å². The predicted octanol–water partition coefficient (Wildman–Crippen LogP) is 5.27. The highest BCUT2D eigenvalue weighted by Crippen LogP contribution is 2.54. The molecule has 0 bridgehead atoms. The lowest BCUT2D eigenvalue weighted by atomic mass is 9.72. The minimum atomic E-state index is -1.76. The third-order valence-electron chi connectivity index (χ3n) is 6.37. The Balaban J connectivity index is 2.10. The van der Waals surface area contributed by atoms with E-state index >= 15 is 0 Å². The maximum atomic E-state index is 13.7. The van der Waals surface area contributed by atoms with Gasteiger partial charge in [0.2, 0.25) is 5.41 Å². The van der Waals surface area contributed by atoms with E-state index in [-0.39, 0.29) is 18.9 Å². The third kappa shape index (κ3) is 3.71. The van der Waals surface area contributed by atoms with Crippen molar-refractivity contribution in [1.29, 1.82) is 0 Å². The zero-order chi connectivity index (χ0) is 24.3. The van der Waals surface area contributed by atoms with Gasteiger partial charge in [-0.05, 0) is 85.1 Å². The van der Waals surface area contributed by atoms with Gasteiger partial charge in [-0.1, -0.05) is 30.3 Å². The van der Waals surface area contributed by atoms with Crippen LogP contribution in [-0.2, 0) is 24.5 Å². The second kappa shape index (κ2) is 9.63. The summed E-state index contributed by atoms with van der Waals surface area (Å²) >= 11 is 0. The zero-order valence-corrected chi connectivity index (χ0v) is 19.3. The van der Waals surface area contributed by atoms with Gasteiger partial charge >= 0.3 is 11.9 Å². The number of benzene rings is 2. The number of fused-ring (bicyclic) bond motifs is 1. The lowest BCUT2D eigenvalue weighted by Crippen LogP contribution is -2.47. The molecule has 0 unspecified atom stereocenters. The first-order valence-electron chi connectivity index (χ1n) is 11.6. The molecule has 0 atom stereocenters. The molecule has 2 aromatic rings. The average molecular weight is 462 g/mol. The van der Waals surface area contributed by atoms with Crippen molar-refractivity contribution in [3.63, 3.8) is 0 Å². The molecule has 0 N–H and O–H groups in total. The van der Waals surface area contributed by atoms with Gasteiger partial charge < -0.3 is 9.47 Å². The van der Waals surface area contributed by atoms with Crippen molar-refractivity contribution in [3.05, 3.63) is 92.6 Å². The Morgan fingerprint density at radius 3 is 2.18 bits per heavy atom. The number of carbonyl (C=O) groups is 2. The molecule has 0 aromatic heterocycles. The third-order valence-corrected chi connectivity index (χ3v) is 6.37. The maximum Gasteiger partial charge on any atom is 0.332 e. The van der Waals surface area contributed by atoms with Crippen molar-refractivity contribution in [2.75, 3.05) is 13.2 Å². The zero-order valence-electron chi connectivity index (χ0n) is 19.3. The van der Waals surface area contributed by atoms with Crippen LogP contribution in [0.25, 0.3) is 5.57 Å². The Labute approximate surface area is 198 Å². The second-order valence-electron chi connectivity index (χ2n) is 8.27. The Morgan fingerprint density at radius 1 is 0.971 bits per heavy atom. The van der Waals surface area contributed by atoms with Crippen LogP contribution < -0.4 is 0 Å². The molecule has 7 nitrogen and oxygen atoms in total. The summed E-state index contributed by atoms with van der Waals surface area (Å²) < 4.78 is 11.0. The van der Waals surface area contributed by atoms with Gasteiger partial charge in [-0.15, -0.1) is 0 Å². The number of nitrogens with zero attached hydrogens (tertiary/aromatic N) is 1. The van der Waals surface area contributed by atoms with Crippen molar-refractivity contribution >= 4 is 23.2 Å². The van der Waals surface area contributed by atoms with Crippen LogP contribution in [0.1, 0.15) is 56.2 Å². The molecular formula is C27H27NO6. The molecular weight excluding hydrogens is 434 g/mol. The summed E-state index contributed by atoms with van der Waals surface area (Å²) in [7, 11) is 0. The van der Waals surface area contributed by atoms with Crippen LogP contribution in [0.4, 0.5) is 5.69 Å². The van der Waals surface area contributed by atoms with Crippen LogP contribution in [0.5, 0.6) is 0 Å². The summed E-state index contributed by atoms with van der Waals surface area (Å²) in [5, 5.41) is 11.2. The molecule has 7 heteroatoms. The maximum absolute atomic E-state index is 13.7. The van der Waals surface area contributed by atoms with Gasteiger partial charge in [-0.3, -0.25) is 19.7 Å². The Morgan fingerprint density at radius 2 is 1.62 bits per heavy atom. The lowest BCUT2D eigenvalue weighted by Gasteiger charge is -2.31. The summed E-state index contributed by atoms with van der Waals surface area (Å²) in [6.45, 7) is 3.64. The Kier molecular flexibility index (Phi) is 6.63. The summed E-state index contributed by atoms with van der Waals surface area (Å²) in [4.78, 5) is 38.3. The number of hydrogen-bond acceptors (Lipinski definition) is 6. The van der Waals surface area contributed by atoms with E-state index < -0.39 is 22.3 Å². The standard InChI is InChI=1S/C27H27NO6/c1-3-33-25(29)27(26(30)34-4-2)22-13-9-8-12-21(22)23(24(27)19-10-6-5-7-11-19)18-14-16-20(17-15-18)28(31)32/h8-10,12-17H,3-7,11H2,1-2H3. The van der Waals surface area contributed by atoms with Gasteiger partial charge in [-0.2, -0.15) is 0 Å². The summed E-state index contributed by atoms with van der Waals surface area (Å²) in [6, 6.07) is 13.5. The van der Waals surface area contributed by atoms with Crippen LogP contribution in [0.3, 0.4) is 0 Å². The number of allylic oxidation sites excluding steroid dienone is 2. The van der Waals surface area contributed by atoms with Crippen molar-refractivity contribution in [2.24, 2.45) is 0 Å². The number of nitro benzene ring substituents is 1. The largest absolute Gasteiger partial charge is 0.465 e. The van der Waals surface area contributed by atoms with Crippen LogP contribution in [0.15, 0.2) is 65.8 Å². The summed E-state index contributed by atoms with van der Waals surface area (Å²) in [5.41, 5.74) is 2.32. The number of hydrogen-bond donors (Lipinski definition) is 0. The van der Waals surface area contributed by atoms with Crippen molar-refractivity contribution in [3.8, 4) is 0 Å². The average Bonchev–Trinajstić information content (AvgIpc) is 3.17.